The molecule has 0 aliphatic carbocycles. The van der Waals surface area contributed by atoms with Crippen molar-refractivity contribution in [3.05, 3.63) is 42.2 Å². The average molecular weight is 159 g/mol. The predicted octanol–water partition coefficient (Wildman–Crippen LogP) is 1.91. The standard InChI is InChI=1S/C9H9N3/c1(8-3-4-10-5-8)2-9-6-11-7-12-9/h1-7,10H,(H,11,12)/b2-1+. The molecule has 0 atom stereocenters. The zero-order valence-corrected chi connectivity index (χ0v) is 6.49. The van der Waals surface area contributed by atoms with E-state index >= 15 is 0 Å². The van der Waals surface area contributed by atoms with Crippen molar-refractivity contribution in [1.82, 2.24) is 15.0 Å². The van der Waals surface area contributed by atoms with E-state index in [0.29, 0.717) is 0 Å². The van der Waals surface area contributed by atoms with Crippen LogP contribution in [0.25, 0.3) is 12.2 Å². The molecule has 2 aromatic heterocycles. The normalized spacial score (nSPS) is 11.0. The molecule has 0 aliphatic rings. The highest BCUT2D eigenvalue weighted by molar-refractivity contribution is 5.67. The summed E-state index contributed by atoms with van der Waals surface area (Å²) in [4.78, 5) is 9.88. The molecule has 0 saturated heterocycles. The summed E-state index contributed by atoms with van der Waals surface area (Å²) in [6, 6.07) is 2.01. The molecule has 0 radical (unpaired) electrons. The molecule has 0 aliphatic heterocycles. The highest BCUT2D eigenvalue weighted by Gasteiger charge is 1.86. The van der Waals surface area contributed by atoms with Crippen molar-refractivity contribution in [2.24, 2.45) is 0 Å². The fourth-order valence-corrected chi connectivity index (χ4v) is 0.984. The first-order valence-corrected chi connectivity index (χ1v) is 3.74. The van der Waals surface area contributed by atoms with Crippen LogP contribution in [0, 0.1) is 0 Å². The Labute approximate surface area is 70.2 Å². The van der Waals surface area contributed by atoms with E-state index in [1.807, 2.05) is 30.6 Å². The maximum atomic E-state index is 3.91. The van der Waals surface area contributed by atoms with Gasteiger partial charge in [0.15, 0.2) is 0 Å². The minimum absolute atomic E-state index is 1.01. The lowest BCUT2D eigenvalue weighted by atomic mass is 10.3. The molecule has 12 heavy (non-hydrogen) atoms. The van der Waals surface area contributed by atoms with Crippen LogP contribution >= 0.6 is 0 Å². The summed E-state index contributed by atoms with van der Waals surface area (Å²) in [5.41, 5.74) is 2.17. The molecule has 3 nitrogen and oxygen atoms in total. The maximum Gasteiger partial charge on any atom is 0.0924 e. The Morgan fingerprint density at radius 1 is 1.33 bits per heavy atom. The van der Waals surface area contributed by atoms with Gasteiger partial charge in [-0.2, -0.15) is 0 Å². The Morgan fingerprint density at radius 3 is 3.00 bits per heavy atom. The van der Waals surface area contributed by atoms with Gasteiger partial charge < -0.3 is 9.97 Å². The summed E-state index contributed by atoms with van der Waals surface area (Å²) in [6.45, 7) is 0. The minimum atomic E-state index is 1.01. The predicted molar refractivity (Wildman–Crippen MR) is 48.3 cm³/mol. The topological polar surface area (TPSA) is 44.5 Å². The van der Waals surface area contributed by atoms with Gasteiger partial charge in [0.25, 0.3) is 0 Å². The summed E-state index contributed by atoms with van der Waals surface area (Å²) in [5.74, 6) is 0. The van der Waals surface area contributed by atoms with Crippen LogP contribution in [0.2, 0.25) is 0 Å². The first kappa shape index (κ1) is 6.91. The monoisotopic (exact) mass is 159 g/mol. The van der Waals surface area contributed by atoms with Crippen LogP contribution < -0.4 is 0 Å². The van der Waals surface area contributed by atoms with Gasteiger partial charge in [0.05, 0.1) is 18.2 Å². The fourth-order valence-electron chi connectivity index (χ4n) is 0.984. The van der Waals surface area contributed by atoms with Crippen molar-refractivity contribution >= 4 is 12.2 Å². The smallest absolute Gasteiger partial charge is 0.0924 e. The number of rotatable bonds is 2. The third-order valence-corrected chi connectivity index (χ3v) is 1.60. The Bertz CT molecular complexity index is 307. The molecule has 2 N–H and O–H groups in total. The van der Waals surface area contributed by atoms with Crippen LogP contribution in [0.1, 0.15) is 11.3 Å². The molecule has 0 unspecified atom stereocenters. The van der Waals surface area contributed by atoms with Crippen LogP contribution in [-0.2, 0) is 0 Å². The second-order valence-electron chi connectivity index (χ2n) is 2.48. The van der Waals surface area contributed by atoms with Gasteiger partial charge in [-0.15, -0.1) is 0 Å². The number of imidazole rings is 1. The number of hydrogen-bond donors (Lipinski definition) is 2. The molecule has 0 bridgehead atoms. The van der Waals surface area contributed by atoms with Crippen molar-refractivity contribution < 1.29 is 0 Å². The van der Waals surface area contributed by atoms with Crippen LogP contribution in [0.15, 0.2) is 31.0 Å². The molecular formula is C9H9N3. The molecule has 3 heteroatoms. The minimum Gasteiger partial charge on any atom is -0.367 e. The van der Waals surface area contributed by atoms with Gasteiger partial charge >= 0.3 is 0 Å². The zero-order valence-electron chi connectivity index (χ0n) is 6.49. The van der Waals surface area contributed by atoms with Crippen molar-refractivity contribution in [3.8, 4) is 0 Å². The van der Waals surface area contributed by atoms with Crippen LogP contribution in [-0.4, -0.2) is 15.0 Å². The number of H-pyrrole nitrogens is 2. The molecule has 60 valence electrons. The van der Waals surface area contributed by atoms with Gasteiger partial charge in [-0.25, -0.2) is 4.98 Å². The number of aromatic amines is 2. The van der Waals surface area contributed by atoms with Crippen molar-refractivity contribution in [3.63, 3.8) is 0 Å². The Hall–Kier alpha value is -1.77. The second-order valence-corrected chi connectivity index (χ2v) is 2.48. The molecule has 0 aromatic carbocycles. The Kier molecular flexibility index (Phi) is 1.78. The Balaban J connectivity index is 2.14. The van der Waals surface area contributed by atoms with Gasteiger partial charge in [0.2, 0.25) is 0 Å². The number of hydrogen-bond acceptors (Lipinski definition) is 1. The highest BCUT2D eigenvalue weighted by atomic mass is 14.8. The van der Waals surface area contributed by atoms with E-state index in [4.69, 9.17) is 0 Å². The molecular weight excluding hydrogens is 150 g/mol. The van der Waals surface area contributed by atoms with Gasteiger partial charge in [0.1, 0.15) is 0 Å². The molecule has 0 spiro atoms. The molecule has 2 heterocycles. The van der Waals surface area contributed by atoms with E-state index in [1.165, 1.54) is 0 Å². The summed E-state index contributed by atoms with van der Waals surface area (Å²) in [6.07, 6.45) is 11.3. The van der Waals surface area contributed by atoms with Crippen LogP contribution in [0.5, 0.6) is 0 Å². The molecule has 0 amide bonds. The van der Waals surface area contributed by atoms with Gasteiger partial charge in [-0.05, 0) is 17.7 Å². The zero-order chi connectivity index (χ0) is 8.23. The Morgan fingerprint density at radius 2 is 2.33 bits per heavy atom. The second kappa shape index (κ2) is 3.09. The number of aromatic nitrogens is 3. The van der Waals surface area contributed by atoms with E-state index in [0.717, 1.165) is 11.3 Å². The van der Waals surface area contributed by atoms with Gasteiger partial charge in [0, 0.05) is 12.4 Å². The third-order valence-electron chi connectivity index (χ3n) is 1.60. The van der Waals surface area contributed by atoms with E-state index in [9.17, 15) is 0 Å². The van der Waals surface area contributed by atoms with E-state index in [1.54, 1.807) is 12.5 Å². The lowest BCUT2D eigenvalue weighted by molar-refractivity contribution is 1.31. The van der Waals surface area contributed by atoms with E-state index in [2.05, 4.69) is 15.0 Å². The van der Waals surface area contributed by atoms with E-state index < -0.39 is 0 Å². The van der Waals surface area contributed by atoms with Gasteiger partial charge in [-0.3, -0.25) is 0 Å². The maximum absolute atomic E-state index is 3.91. The van der Waals surface area contributed by atoms with E-state index in [-0.39, 0.29) is 0 Å². The molecule has 2 aromatic rings. The summed E-state index contributed by atoms with van der Waals surface area (Å²) >= 11 is 0. The lowest BCUT2D eigenvalue weighted by Gasteiger charge is -1.82. The quantitative estimate of drug-likeness (QED) is 0.690. The summed E-state index contributed by atoms with van der Waals surface area (Å²) < 4.78 is 0. The van der Waals surface area contributed by atoms with Crippen molar-refractivity contribution in [2.75, 3.05) is 0 Å². The number of nitrogens with zero attached hydrogens (tertiary/aromatic N) is 1. The fraction of sp³-hybridized carbons (Fsp3) is 0. The molecule has 0 fully saturated rings. The van der Waals surface area contributed by atoms with Crippen molar-refractivity contribution in [1.29, 1.82) is 0 Å². The highest BCUT2D eigenvalue weighted by Crippen LogP contribution is 2.03. The molecule has 2 rings (SSSR count). The van der Waals surface area contributed by atoms with Crippen molar-refractivity contribution in [2.45, 2.75) is 0 Å². The summed E-state index contributed by atoms with van der Waals surface area (Å²) in [7, 11) is 0. The third kappa shape index (κ3) is 1.45. The largest absolute Gasteiger partial charge is 0.367 e. The lowest BCUT2D eigenvalue weighted by Crippen LogP contribution is -1.66. The number of nitrogens with one attached hydrogen (secondary N) is 2. The average Bonchev–Trinajstić information content (AvgIpc) is 2.74. The van der Waals surface area contributed by atoms with Crippen LogP contribution in [0.4, 0.5) is 0 Å². The SMILES string of the molecule is C(=C\c1cnc[nH]1)/c1cc[nH]c1. The first-order chi connectivity index (χ1) is 5.95. The van der Waals surface area contributed by atoms with Crippen LogP contribution in [0.3, 0.4) is 0 Å². The molecule has 0 saturated carbocycles. The first-order valence-electron chi connectivity index (χ1n) is 3.74. The summed E-state index contributed by atoms with van der Waals surface area (Å²) in [5, 5.41) is 0. The van der Waals surface area contributed by atoms with Gasteiger partial charge in [-0.1, -0.05) is 6.08 Å².